The van der Waals surface area contributed by atoms with Crippen molar-refractivity contribution in [2.24, 2.45) is 0 Å². The van der Waals surface area contributed by atoms with Crippen molar-refractivity contribution >= 4 is 22.0 Å². The van der Waals surface area contributed by atoms with Crippen molar-refractivity contribution in [3.63, 3.8) is 0 Å². The summed E-state index contributed by atoms with van der Waals surface area (Å²) in [7, 11) is 1.59. The van der Waals surface area contributed by atoms with Crippen LogP contribution < -0.4 is 4.74 Å². The first-order chi connectivity index (χ1) is 9.69. The topological polar surface area (TPSA) is 51.7 Å². The third-order valence-corrected chi connectivity index (χ3v) is 3.54. The molecule has 1 atom stereocenters. The summed E-state index contributed by atoms with van der Waals surface area (Å²) < 4.78 is 11.4. The highest BCUT2D eigenvalue weighted by molar-refractivity contribution is 9.10. The number of ether oxygens (including phenoxy) is 2. The van der Waals surface area contributed by atoms with E-state index in [1.807, 2.05) is 40.7 Å². The second-order valence-electron chi connectivity index (χ2n) is 5.69. The van der Waals surface area contributed by atoms with Gasteiger partial charge in [0, 0.05) is 6.54 Å². The molecule has 21 heavy (non-hydrogen) atoms. The van der Waals surface area contributed by atoms with E-state index in [1.165, 1.54) is 0 Å². The standard InChI is InChI=1S/C15H23BrN2O3/c1-7-18(14(19)21-15(3,4)5)10(2)12-8-11(16)13(20-6)9-17-12/h8-10H,7H2,1-6H3/t10-/m1/s1. The van der Waals surface area contributed by atoms with E-state index in [9.17, 15) is 4.79 Å². The lowest BCUT2D eigenvalue weighted by molar-refractivity contribution is 0.0182. The SMILES string of the molecule is CCN(C(=O)OC(C)(C)C)[C@H](C)c1cc(Br)c(OC)cn1. The van der Waals surface area contributed by atoms with Crippen LogP contribution in [-0.4, -0.2) is 35.2 Å². The summed E-state index contributed by atoms with van der Waals surface area (Å²) in [6.45, 7) is 9.94. The van der Waals surface area contributed by atoms with E-state index in [0.717, 1.165) is 10.2 Å². The Hall–Kier alpha value is -1.30. The molecule has 1 aromatic rings. The maximum absolute atomic E-state index is 12.3. The molecule has 0 radical (unpaired) electrons. The number of amides is 1. The molecular formula is C15H23BrN2O3. The molecule has 1 heterocycles. The summed E-state index contributed by atoms with van der Waals surface area (Å²) in [5, 5.41) is 0. The van der Waals surface area contributed by atoms with Crippen LogP contribution in [-0.2, 0) is 4.74 Å². The number of nitrogens with zero attached hydrogens (tertiary/aromatic N) is 2. The molecule has 0 saturated heterocycles. The van der Waals surface area contributed by atoms with Crippen molar-refractivity contribution in [3.8, 4) is 5.75 Å². The number of rotatable bonds is 4. The Balaban J connectivity index is 2.95. The quantitative estimate of drug-likeness (QED) is 0.810. The van der Waals surface area contributed by atoms with E-state index in [2.05, 4.69) is 20.9 Å². The van der Waals surface area contributed by atoms with E-state index in [4.69, 9.17) is 9.47 Å². The number of pyridine rings is 1. The molecule has 1 aromatic heterocycles. The van der Waals surface area contributed by atoms with Gasteiger partial charge in [0.05, 0.1) is 29.5 Å². The Labute approximate surface area is 134 Å². The molecule has 0 bridgehead atoms. The molecule has 0 saturated carbocycles. The van der Waals surface area contributed by atoms with Gasteiger partial charge in [0.1, 0.15) is 5.60 Å². The molecule has 5 nitrogen and oxygen atoms in total. The summed E-state index contributed by atoms with van der Waals surface area (Å²) >= 11 is 3.43. The van der Waals surface area contributed by atoms with Gasteiger partial charge in [-0.05, 0) is 56.6 Å². The minimum Gasteiger partial charge on any atom is -0.494 e. The Morgan fingerprint density at radius 3 is 2.52 bits per heavy atom. The van der Waals surface area contributed by atoms with Crippen LogP contribution >= 0.6 is 15.9 Å². The largest absolute Gasteiger partial charge is 0.494 e. The number of aromatic nitrogens is 1. The molecule has 118 valence electrons. The van der Waals surface area contributed by atoms with Crippen LogP contribution in [0.1, 0.15) is 46.4 Å². The van der Waals surface area contributed by atoms with Crippen LogP contribution in [0.3, 0.4) is 0 Å². The van der Waals surface area contributed by atoms with E-state index >= 15 is 0 Å². The summed E-state index contributed by atoms with van der Waals surface area (Å²) in [6, 6.07) is 1.67. The van der Waals surface area contributed by atoms with Crippen molar-refractivity contribution in [2.45, 2.75) is 46.3 Å². The highest BCUT2D eigenvalue weighted by atomic mass is 79.9. The number of methoxy groups -OCH3 is 1. The number of carbonyl (C=O) groups is 1. The van der Waals surface area contributed by atoms with Gasteiger partial charge < -0.3 is 14.4 Å². The summed E-state index contributed by atoms with van der Waals surface area (Å²) in [6.07, 6.45) is 1.30. The highest BCUT2D eigenvalue weighted by Crippen LogP contribution is 2.28. The maximum atomic E-state index is 12.3. The first kappa shape index (κ1) is 17.8. The molecule has 0 aromatic carbocycles. The zero-order valence-corrected chi connectivity index (χ0v) is 15.0. The Bertz CT molecular complexity index is 500. The molecular weight excluding hydrogens is 336 g/mol. The van der Waals surface area contributed by atoms with Crippen molar-refractivity contribution in [1.29, 1.82) is 0 Å². The summed E-state index contributed by atoms with van der Waals surface area (Å²) in [4.78, 5) is 18.3. The number of halogens is 1. The molecule has 0 aliphatic carbocycles. The van der Waals surface area contributed by atoms with Gasteiger partial charge in [0.25, 0.3) is 0 Å². The van der Waals surface area contributed by atoms with Crippen LogP contribution in [0.15, 0.2) is 16.7 Å². The second-order valence-corrected chi connectivity index (χ2v) is 6.54. The van der Waals surface area contributed by atoms with Gasteiger partial charge in [-0.1, -0.05) is 0 Å². The number of hydrogen-bond donors (Lipinski definition) is 0. The first-order valence-corrected chi connectivity index (χ1v) is 7.68. The molecule has 0 N–H and O–H groups in total. The predicted octanol–water partition coefficient (Wildman–Crippen LogP) is 4.17. The third-order valence-electron chi connectivity index (χ3n) is 2.93. The van der Waals surface area contributed by atoms with E-state index in [0.29, 0.717) is 12.3 Å². The highest BCUT2D eigenvalue weighted by Gasteiger charge is 2.26. The summed E-state index contributed by atoms with van der Waals surface area (Å²) in [5.74, 6) is 0.659. The minimum absolute atomic E-state index is 0.188. The van der Waals surface area contributed by atoms with Gasteiger partial charge >= 0.3 is 6.09 Å². The normalized spacial score (nSPS) is 12.7. The lowest BCUT2D eigenvalue weighted by Gasteiger charge is -2.30. The molecule has 6 heteroatoms. The van der Waals surface area contributed by atoms with E-state index in [1.54, 1.807) is 18.2 Å². The van der Waals surface area contributed by atoms with Crippen LogP contribution in [0, 0.1) is 0 Å². The van der Waals surface area contributed by atoms with Gasteiger partial charge in [0.2, 0.25) is 0 Å². The lowest BCUT2D eigenvalue weighted by atomic mass is 10.2. The van der Waals surface area contributed by atoms with E-state index < -0.39 is 5.60 Å². The average molecular weight is 359 g/mol. The van der Waals surface area contributed by atoms with Gasteiger partial charge in [-0.15, -0.1) is 0 Å². The van der Waals surface area contributed by atoms with E-state index in [-0.39, 0.29) is 12.1 Å². The van der Waals surface area contributed by atoms with Crippen molar-refractivity contribution in [2.75, 3.05) is 13.7 Å². The molecule has 0 fully saturated rings. The van der Waals surface area contributed by atoms with Gasteiger partial charge in [-0.2, -0.15) is 0 Å². The fourth-order valence-corrected chi connectivity index (χ4v) is 2.35. The zero-order valence-electron chi connectivity index (χ0n) is 13.4. The lowest BCUT2D eigenvalue weighted by Crippen LogP contribution is -2.38. The Morgan fingerprint density at radius 1 is 1.48 bits per heavy atom. The zero-order chi connectivity index (χ0) is 16.2. The molecule has 0 aliphatic rings. The van der Waals surface area contributed by atoms with Crippen LogP contribution in [0.25, 0.3) is 0 Å². The molecule has 0 aliphatic heterocycles. The third kappa shape index (κ3) is 4.88. The van der Waals surface area contributed by atoms with Gasteiger partial charge in [-0.25, -0.2) is 4.79 Å². The molecule has 0 spiro atoms. The predicted molar refractivity (Wildman–Crippen MR) is 85.5 cm³/mol. The Morgan fingerprint density at radius 2 is 2.10 bits per heavy atom. The molecule has 1 amide bonds. The monoisotopic (exact) mass is 358 g/mol. The van der Waals surface area contributed by atoms with Gasteiger partial charge in [0.15, 0.2) is 5.75 Å². The van der Waals surface area contributed by atoms with Crippen LogP contribution in [0.5, 0.6) is 5.75 Å². The first-order valence-electron chi connectivity index (χ1n) is 6.88. The smallest absolute Gasteiger partial charge is 0.410 e. The maximum Gasteiger partial charge on any atom is 0.410 e. The van der Waals surface area contributed by atoms with Gasteiger partial charge in [-0.3, -0.25) is 4.98 Å². The summed E-state index contributed by atoms with van der Waals surface area (Å²) in [5.41, 5.74) is 0.258. The fraction of sp³-hybridized carbons (Fsp3) is 0.600. The van der Waals surface area contributed by atoms with Crippen molar-refractivity contribution in [3.05, 3.63) is 22.4 Å². The number of carbonyl (C=O) groups excluding carboxylic acids is 1. The fourth-order valence-electron chi connectivity index (χ4n) is 1.85. The molecule has 0 unspecified atom stereocenters. The second kappa shape index (κ2) is 7.11. The number of hydrogen-bond acceptors (Lipinski definition) is 4. The van der Waals surface area contributed by atoms with Crippen LogP contribution in [0.2, 0.25) is 0 Å². The van der Waals surface area contributed by atoms with Crippen molar-refractivity contribution < 1.29 is 14.3 Å². The van der Waals surface area contributed by atoms with Crippen molar-refractivity contribution in [1.82, 2.24) is 9.88 Å². The Kier molecular flexibility index (Phi) is 6.01. The molecule has 1 rings (SSSR count). The van der Waals surface area contributed by atoms with Crippen LogP contribution in [0.4, 0.5) is 4.79 Å². The average Bonchev–Trinajstić information content (AvgIpc) is 2.37. The minimum atomic E-state index is -0.516.